The minimum absolute atomic E-state index is 0.195. The Kier molecular flexibility index (Phi) is 5.28. The molecule has 3 rings (SSSR count). The number of sulfonamides is 1. The van der Waals surface area contributed by atoms with Gasteiger partial charge in [-0.1, -0.05) is 24.3 Å². The van der Waals surface area contributed by atoms with Gasteiger partial charge in [0.05, 0.1) is 5.92 Å². The smallest absolute Gasteiger partial charge is 0.252 e. The van der Waals surface area contributed by atoms with Crippen LogP contribution in [0.1, 0.15) is 24.8 Å². The van der Waals surface area contributed by atoms with Gasteiger partial charge in [-0.25, -0.2) is 8.42 Å². The average Bonchev–Trinajstić information content (AvgIpc) is 3.27. The lowest BCUT2D eigenvalue weighted by molar-refractivity contribution is -0.120. The number of nitrogens with one attached hydrogen (secondary N) is 1. The molecule has 1 atom stereocenters. The van der Waals surface area contributed by atoms with Crippen molar-refractivity contribution in [1.29, 1.82) is 0 Å². The summed E-state index contributed by atoms with van der Waals surface area (Å²) in [4.78, 5) is 12.4. The van der Waals surface area contributed by atoms with Gasteiger partial charge in [0.1, 0.15) is 9.22 Å². The van der Waals surface area contributed by atoms with Crippen molar-refractivity contribution in [1.82, 2.24) is 14.5 Å². The first-order chi connectivity index (χ1) is 11.5. The summed E-state index contributed by atoms with van der Waals surface area (Å²) in [5.74, 6) is -0.567. The highest BCUT2D eigenvalue weighted by Crippen LogP contribution is 2.27. The topological polar surface area (TPSA) is 92.3 Å². The van der Waals surface area contributed by atoms with E-state index in [-0.39, 0.29) is 18.4 Å². The molecule has 130 valence electrons. The second-order valence-electron chi connectivity index (χ2n) is 5.48. The highest BCUT2D eigenvalue weighted by molar-refractivity contribution is 7.91. The summed E-state index contributed by atoms with van der Waals surface area (Å²) in [5.41, 5.74) is 0. The van der Waals surface area contributed by atoms with Gasteiger partial charge in [0.25, 0.3) is 10.0 Å². The van der Waals surface area contributed by atoms with Gasteiger partial charge in [0.2, 0.25) is 11.0 Å². The summed E-state index contributed by atoms with van der Waals surface area (Å²) >= 11 is 2.54. The van der Waals surface area contributed by atoms with Gasteiger partial charge in [-0.3, -0.25) is 4.79 Å². The Morgan fingerprint density at radius 2 is 2.29 bits per heavy atom. The average molecular weight is 387 g/mol. The number of thiophene rings is 1. The summed E-state index contributed by atoms with van der Waals surface area (Å²) in [6.07, 6.45) is 2.10. The standard InChI is InChI=1S/C14H18N4O3S3/c1-2-11-16-17-14(23-11)15-13(19)10-5-3-7-18(9-10)24(20,21)12-6-4-8-22-12/h4,6,8,10H,2-3,5,7,9H2,1H3,(H,15,17,19). The number of anilines is 1. The Labute approximate surface area is 148 Å². The van der Waals surface area contributed by atoms with Crippen LogP contribution in [0.3, 0.4) is 0 Å². The number of carbonyl (C=O) groups is 1. The Morgan fingerprint density at radius 3 is 2.96 bits per heavy atom. The zero-order valence-electron chi connectivity index (χ0n) is 13.1. The number of hydrogen-bond acceptors (Lipinski definition) is 7. The van der Waals surface area contributed by atoms with E-state index in [0.717, 1.165) is 11.4 Å². The van der Waals surface area contributed by atoms with Gasteiger partial charge in [0.15, 0.2) is 0 Å². The van der Waals surface area contributed by atoms with Gasteiger partial charge in [-0.05, 0) is 30.7 Å². The molecule has 0 saturated carbocycles. The third-order valence-electron chi connectivity index (χ3n) is 3.84. The van der Waals surface area contributed by atoms with Crippen molar-refractivity contribution < 1.29 is 13.2 Å². The monoisotopic (exact) mass is 386 g/mol. The fourth-order valence-corrected chi connectivity index (χ4v) is 5.92. The van der Waals surface area contributed by atoms with Crippen LogP contribution in [0, 0.1) is 5.92 Å². The fourth-order valence-electron chi connectivity index (χ4n) is 2.57. The van der Waals surface area contributed by atoms with Crippen molar-refractivity contribution in [3.63, 3.8) is 0 Å². The number of rotatable bonds is 5. The molecule has 2 aromatic rings. The maximum absolute atomic E-state index is 12.6. The third-order valence-corrected chi connectivity index (χ3v) is 8.06. The minimum Gasteiger partial charge on any atom is -0.300 e. The minimum atomic E-state index is -3.51. The summed E-state index contributed by atoms with van der Waals surface area (Å²) in [5, 5.41) is 13.7. The fraction of sp³-hybridized carbons (Fsp3) is 0.500. The SMILES string of the molecule is CCc1nnc(NC(=O)C2CCCN(S(=O)(=O)c3cccs3)C2)s1. The molecule has 0 aliphatic carbocycles. The zero-order valence-corrected chi connectivity index (χ0v) is 15.6. The highest BCUT2D eigenvalue weighted by Gasteiger charge is 2.34. The summed E-state index contributed by atoms with van der Waals surface area (Å²) in [6, 6.07) is 3.31. The van der Waals surface area contributed by atoms with Crippen molar-refractivity contribution in [3.05, 3.63) is 22.5 Å². The molecule has 1 unspecified atom stereocenters. The van der Waals surface area contributed by atoms with Gasteiger partial charge in [-0.15, -0.1) is 21.5 Å². The summed E-state index contributed by atoms with van der Waals surface area (Å²) < 4.78 is 26.9. The van der Waals surface area contributed by atoms with Crippen molar-refractivity contribution >= 4 is 43.7 Å². The maximum atomic E-state index is 12.6. The molecule has 3 heterocycles. The molecule has 1 fully saturated rings. The third kappa shape index (κ3) is 3.66. The molecule has 0 radical (unpaired) electrons. The van der Waals surface area contributed by atoms with Crippen molar-refractivity contribution in [2.45, 2.75) is 30.4 Å². The van der Waals surface area contributed by atoms with Crippen LogP contribution >= 0.6 is 22.7 Å². The number of amides is 1. The van der Waals surface area contributed by atoms with E-state index in [1.165, 1.54) is 27.0 Å². The van der Waals surface area contributed by atoms with Crippen LogP contribution < -0.4 is 5.32 Å². The van der Waals surface area contributed by atoms with Gasteiger partial charge >= 0.3 is 0 Å². The van der Waals surface area contributed by atoms with Crippen molar-refractivity contribution in [2.24, 2.45) is 5.92 Å². The van der Waals surface area contributed by atoms with Crippen molar-refractivity contribution in [3.8, 4) is 0 Å². The number of nitrogens with zero attached hydrogens (tertiary/aromatic N) is 3. The lowest BCUT2D eigenvalue weighted by Crippen LogP contribution is -2.43. The van der Waals surface area contributed by atoms with E-state index in [1.807, 2.05) is 6.92 Å². The van der Waals surface area contributed by atoms with E-state index in [4.69, 9.17) is 0 Å². The van der Waals surface area contributed by atoms with Crippen LogP contribution in [0.4, 0.5) is 5.13 Å². The van der Waals surface area contributed by atoms with Crippen LogP contribution in [0.5, 0.6) is 0 Å². The van der Waals surface area contributed by atoms with Crippen LogP contribution in [-0.4, -0.2) is 41.9 Å². The van der Waals surface area contributed by atoms with Crippen molar-refractivity contribution in [2.75, 3.05) is 18.4 Å². The van der Waals surface area contributed by atoms with Gasteiger partial charge < -0.3 is 5.32 Å². The Bertz CT molecular complexity index is 801. The molecule has 24 heavy (non-hydrogen) atoms. The predicted octanol–water partition coefficient (Wildman–Crippen LogP) is 2.20. The molecular formula is C14H18N4O3S3. The Hall–Kier alpha value is -1.36. The predicted molar refractivity (Wildman–Crippen MR) is 93.7 cm³/mol. The molecule has 7 nitrogen and oxygen atoms in total. The number of hydrogen-bond donors (Lipinski definition) is 1. The van der Waals surface area contributed by atoms with E-state index < -0.39 is 10.0 Å². The summed E-state index contributed by atoms with van der Waals surface area (Å²) in [7, 11) is -3.51. The van der Waals surface area contributed by atoms with Gasteiger partial charge in [-0.2, -0.15) is 4.31 Å². The molecule has 0 aromatic carbocycles. The van der Waals surface area contributed by atoms with Crippen LogP contribution in [0.15, 0.2) is 21.7 Å². The quantitative estimate of drug-likeness (QED) is 0.850. The Morgan fingerprint density at radius 1 is 1.46 bits per heavy atom. The molecule has 0 spiro atoms. The normalized spacial score (nSPS) is 19.3. The highest BCUT2D eigenvalue weighted by atomic mass is 32.2. The second kappa shape index (κ2) is 7.26. The van der Waals surface area contributed by atoms with Crippen LogP contribution in [-0.2, 0) is 21.2 Å². The zero-order chi connectivity index (χ0) is 17.2. The number of aromatic nitrogens is 2. The molecule has 1 amide bonds. The summed E-state index contributed by atoms with van der Waals surface area (Å²) in [6.45, 7) is 2.62. The first kappa shape index (κ1) is 17.5. The van der Waals surface area contributed by atoms with Gasteiger partial charge in [0, 0.05) is 13.1 Å². The molecule has 10 heteroatoms. The second-order valence-corrected chi connectivity index (χ2v) is 9.65. The number of carbonyl (C=O) groups excluding carboxylic acids is 1. The first-order valence-corrected chi connectivity index (χ1v) is 10.8. The van der Waals surface area contributed by atoms with E-state index in [9.17, 15) is 13.2 Å². The lowest BCUT2D eigenvalue weighted by Gasteiger charge is -2.30. The van der Waals surface area contributed by atoms with E-state index >= 15 is 0 Å². The first-order valence-electron chi connectivity index (χ1n) is 7.67. The molecule has 1 saturated heterocycles. The Balaban J connectivity index is 1.68. The molecule has 2 aromatic heterocycles. The van der Waals surface area contributed by atoms with E-state index in [2.05, 4.69) is 15.5 Å². The van der Waals surface area contributed by atoms with Crippen LogP contribution in [0.2, 0.25) is 0 Å². The number of aryl methyl sites for hydroxylation is 1. The largest absolute Gasteiger partial charge is 0.300 e. The maximum Gasteiger partial charge on any atom is 0.252 e. The molecular weight excluding hydrogens is 368 g/mol. The number of piperidine rings is 1. The van der Waals surface area contributed by atoms with E-state index in [1.54, 1.807) is 17.5 Å². The lowest BCUT2D eigenvalue weighted by atomic mass is 9.99. The molecule has 1 aliphatic rings. The van der Waals surface area contributed by atoms with E-state index in [0.29, 0.717) is 28.7 Å². The molecule has 0 bridgehead atoms. The molecule has 1 N–H and O–H groups in total. The molecule has 1 aliphatic heterocycles. The van der Waals surface area contributed by atoms with Crippen LogP contribution in [0.25, 0.3) is 0 Å².